The maximum Gasteiger partial charge on any atom is 0.308 e. The molecule has 1 fully saturated rings. The van der Waals surface area contributed by atoms with Gasteiger partial charge in [-0.05, 0) is 19.3 Å². The summed E-state index contributed by atoms with van der Waals surface area (Å²) in [6.07, 6.45) is 3.02. The van der Waals surface area contributed by atoms with Crippen LogP contribution in [-0.2, 0) is 9.53 Å². The van der Waals surface area contributed by atoms with Gasteiger partial charge in [-0.25, -0.2) is 0 Å². The third kappa shape index (κ3) is 4.82. The molecule has 11 heavy (non-hydrogen) atoms. The zero-order chi connectivity index (χ0) is 6.69. The Morgan fingerprint density at radius 3 is 2.36 bits per heavy atom. The second-order valence-corrected chi connectivity index (χ2v) is 2.44. The van der Waals surface area contributed by atoms with Crippen molar-refractivity contribution >= 4 is 5.97 Å². The van der Waals surface area contributed by atoms with Crippen LogP contribution in [0.4, 0.5) is 0 Å². The Balaban J connectivity index is 0. The van der Waals surface area contributed by atoms with Gasteiger partial charge in [0.2, 0.25) is 0 Å². The predicted molar refractivity (Wildman–Crippen MR) is 47.4 cm³/mol. The predicted octanol–water partition coefficient (Wildman–Crippen LogP) is 2.62. The number of carbonyl (C=O) groups is 1. The largest absolute Gasteiger partial charge is 0.465 e. The van der Waals surface area contributed by atoms with Gasteiger partial charge in [-0.2, -0.15) is 0 Å². The maximum atomic E-state index is 10.7. The van der Waals surface area contributed by atoms with E-state index in [1.807, 2.05) is 6.92 Å². The third-order valence-electron chi connectivity index (χ3n) is 1.36. The Kier molecular flexibility index (Phi) is 7.37. The molecule has 0 amide bonds. The Morgan fingerprint density at radius 1 is 1.45 bits per heavy atom. The number of esters is 1. The fourth-order valence-electron chi connectivity index (χ4n) is 0.640. The van der Waals surface area contributed by atoms with E-state index in [9.17, 15) is 4.79 Å². The van der Waals surface area contributed by atoms with Gasteiger partial charge in [-0.3, -0.25) is 4.79 Å². The molecule has 0 aromatic rings. The van der Waals surface area contributed by atoms with E-state index in [2.05, 4.69) is 0 Å². The van der Waals surface area contributed by atoms with Gasteiger partial charge in [0.25, 0.3) is 0 Å². The first kappa shape index (κ1) is 13.1. The van der Waals surface area contributed by atoms with Crippen LogP contribution in [0, 0.1) is 5.92 Å². The summed E-state index contributed by atoms with van der Waals surface area (Å²) in [6, 6.07) is 0. The van der Waals surface area contributed by atoms with E-state index < -0.39 is 0 Å². The summed E-state index contributed by atoms with van der Waals surface area (Å²) in [5, 5.41) is 0. The van der Waals surface area contributed by atoms with E-state index in [1.165, 1.54) is 0 Å². The molecule has 2 heteroatoms. The highest BCUT2D eigenvalue weighted by molar-refractivity contribution is 5.74. The van der Waals surface area contributed by atoms with Gasteiger partial charge in [0.1, 0.15) is 0 Å². The van der Waals surface area contributed by atoms with Crippen molar-refractivity contribution < 1.29 is 9.53 Å². The monoisotopic (exact) mass is 160 g/mol. The van der Waals surface area contributed by atoms with Gasteiger partial charge in [0.15, 0.2) is 0 Å². The number of hydrogen-bond donors (Lipinski definition) is 0. The highest BCUT2D eigenvalue weighted by Crippen LogP contribution is 2.29. The fraction of sp³-hybridized carbons (Fsp3) is 0.889. The van der Waals surface area contributed by atoms with Gasteiger partial charge in [0, 0.05) is 0 Å². The van der Waals surface area contributed by atoms with Crippen LogP contribution in [0.15, 0.2) is 0 Å². The molecule has 0 unspecified atom stereocenters. The second-order valence-electron chi connectivity index (χ2n) is 2.44. The highest BCUT2D eigenvalue weighted by Gasteiger charge is 2.30. The quantitative estimate of drug-likeness (QED) is 0.593. The topological polar surface area (TPSA) is 26.3 Å². The second kappa shape index (κ2) is 6.20. The van der Waals surface area contributed by atoms with Crippen LogP contribution in [0.5, 0.6) is 0 Å². The standard InChI is InChI=1S/C7H12O2.2CH4/c1-2-5-9-7(8)6-3-4-6;;/h6H,2-5H2,1H3;2*1H4. The van der Waals surface area contributed by atoms with Crippen LogP contribution in [0.2, 0.25) is 0 Å². The van der Waals surface area contributed by atoms with Crippen LogP contribution in [-0.4, -0.2) is 12.6 Å². The summed E-state index contributed by atoms with van der Waals surface area (Å²) in [4.78, 5) is 10.7. The highest BCUT2D eigenvalue weighted by atomic mass is 16.5. The van der Waals surface area contributed by atoms with Crippen LogP contribution >= 0.6 is 0 Å². The fourth-order valence-corrected chi connectivity index (χ4v) is 0.640. The van der Waals surface area contributed by atoms with E-state index in [1.54, 1.807) is 0 Å². The number of ether oxygens (including phenoxy) is 1. The zero-order valence-corrected chi connectivity index (χ0v) is 5.72. The minimum atomic E-state index is 0. The molecule has 1 aliphatic carbocycles. The molecule has 0 heterocycles. The lowest BCUT2D eigenvalue weighted by atomic mass is 10.4. The molecule has 0 saturated heterocycles. The Hall–Kier alpha value is -0.530. The maximum absolute atomic E-state index is 10.7. The minimum absolute atomic E-state index is 0. The summed E-state index contributed by atoms with van der Waals surface area (Å²) in [5.41, 5.74) is 0. The van der Waals surface area contributed by atoms with Crippen molar-refractivity contribution in [1.82, 2.24) is 0 Å². The molecular weight excluding hydrogens is 140 g/mol. The lowest BCUT2D eigenvalue weighted by Crippen LogP contribution is -2.06. The number of rotatable bonds is 3. The average Bonchev–Trinajstić information content (AvgIpc) is 2.63. The number of hydrogen-bond acceptors (Lipinski definition) is 2. The molecule has 0 atom stereocenters. The zero-order valence-electron chi connectivity index (χ0n) is 5.72. The van der Waals surface area contributed by atoms with Gasteiger partial charge < -0.3 is 4.74 Å². The summed E-state index contributed by atoms with van der Waals surface area (Å²) in [6.45, 7) is 2.59. The van der Waals surface area contributed by atoms with E-state index >= 15 is 0 Å². The SMILES string of the molecule is C.C.CCCOC(=O)C1CC1. The third-order valence-corrected chi connectivity index (χ3v) is 1.36. The van der Waals surface area contributed by atoms with Crippen molar-refractivity contribution in [2.24, 2.45) is 5.92 Å². The average molecular weight is 160 g/mol. The van der Waals surface area contributed by atoms with E-state index in [0.717, 1.165) is 19.3 Å². The lowest BCUT2D eigenvalue weighted by molar-refractivity contribution is -0.145. The molecule has 0 bridgehead atoms. The molecule has 0 radical (unpaired) electrons. The molecule has 1 rings (SSSR count). The summed E-state index contributed by atoms with van der Waals surface area (Å²) in [5.74, 6) is 0.272. The molecule has 0 spiro atoms. The van der Waals surface area contributed by atoms with E-state index in [0.29, 0.717) is 6.61 Å². The van der Waals surface area contributed by atoms with Gasteiger partial charge in [-0.1, -0.05) is 21.8 Å². The molecule has 1 aliphatic rings. The summed E-state index contributed by atoms with van der Waals surface area (Å²) in [7, 11) is 0. The van der Waals surface area contributed by atoms with Crippen LogP contribution in [0.3, 0.4) is 0 Å². The Morgan fingerprint density at radius 2 is 2.00 bits per heavy atom. The van der Waals surface area contributed by atoms with Gasteiger partial charge in [0.05, 0.1) is 12.5 Å². The lowest BCUT2D eigenvalue weighted by Gasteiger charge is -1.98. The Bertz CT molecular complexity index is 106. The van der Waals surface area contributed by atoms with Crippen molar-refractivity contribution in [2.45, 2.75) is 41.0 Å². The molecule has 0 aromatic carbocycles. The van der Waals surface area contributed by atoms with Crippen molar-refractivity contribution in [1.29, 1.82) is 0 Å². The normalized spacial score (nSPS) is 14.3. The minimum Gasteiger partial charge on any atom is -0.465 e. The molecule has 1 saturated carbocycles. The van der Waals surface area contributed by atoms with Crippen molar-refractivity contribution in [3.63, 3.8) is 0 Å². The first-order valence-corrected chi connectivity index (χ1v) is 3.51. The van der Waals surface area contributed by atoms with E-state index in [-0.39, 0.29) is 26.7 Å². The van der Waals surface area contributed by atoms with Crippen molar-refractivity contribution in [3.8, 4) is 0 Å². The molecule has 68 valence electrons. The van der Waals surface area contributed by atoms with Crippen molar-refractivity contribution in [3.05, 3.63) is 0 Å². The molecule has 2 nitrogen and oxygen atoms in total. The molecular formula is C9H20O2. The summed E-state index contributed by atoms with van der Waals surface area (Å²) < 4.78 is 4.88. The first-order valence-electron chi connectivity index (χ1n) is 3.51. The smallest absolute Gasteiger partial charge is 0.308 e. The van der Waals surface area contributed by atoms with Gasteiger partial charge in [-0.15, -0.1) is 0 Å². The van der Waals surface area contributed by atoms with Crippen LogP contribution < -0.4 is 0 Å². The van der Waals surface area contributed by atoms with Crippen molar-refractivity contribution in [2.75, 3.05) is 6.61 Å². The van der Waals surface area contributed by atoms with Crippen LogP contribution in [0.1, 0.15) is 41.0 Å². The molecule has 0 aliphatic heterocycles. The van der Waals surface area contributed by atoms with Crippen LogP contribution in [0.25, 0.3) is 0 Å². The van der Waals surface area contributed by atoms with Gasteiger partial charge >= 0.3 is 5.97 Å². The molecule has 0 N–H and O–H groups in total. The Labute approximate surface area is 69.9 Å². The number of carbonyl (C=O) groups excluding carboxylic acids is 1. The molecule has 0 aromatic heterocycles. The van der Waals surface area contributed by atoms with E-state index in [4.69, 9.17) is 4.74 Å². The summed E-state index contributed by atoms with van der Waals surface area (Å²) >= 11 is 0. The first-order chi connectivity index (χ1) is 4.34.